The third-order valence-electron chi connectivity index (χ3n) is 2.82. The third-order valence-corrected chi connectivity index (χ3v) is 2.82. The van der Waals surface area contributed by atoms with Crippen molar-refractivity contribution in [3.8, 4) is 0 Å². The molecule has 0 saturated heterocycles. The van der Waals surface area contributed by atoms with Crippen LogP contribution in [0.2, 0.25) is 0 Å². The second-order valence-electron chi connectivity index (χ2n) is 5.90. The Morgan fingerprint density at radius 1 is 1.33 bits per heavy atom. The molecule has 0 bridgehead atoms. The van der Waals surface area contributed by atoms with Crippen LogP contribution in [0.15, 0.2) is 18.2 Å². The predicted octanol–water partition coefficient (Wildman–Crippen LogP) is 1.71. The van der Waals surface area contributed by atoms with E-state index in [0.29, 0.717) is 0 Å². The Bertz CT molecular complexity index is 641. The van der Waals surface area contributed by atoms with E-state index in [2.05, 4.69) is 10.1 Å². The Labute approximate surface area is 138 Å². The van der Waals surface area contributed by atoms with Gasteiger partial charge in [-0.05, 0) is 32.9 Å². The van der Waals surface area contributed by atoms with Crippen molar-refractivity contribution >= 4 is 17.6 Å². The van der Waals surface area contributed by atoms with Gasteiger partial charge in [0.25, 0.3) is 5.69 Å². The number of carbonyl (C=O) groups is 2. The molecule has 0 heterocycles. The summed E-state index contributed by atoms with van der Waals surface area (Å²) in [5, 5.41) is 13.5. The first-order chi connectivity index (χ1) is 11.0. The Morgan fingerprint density at radius 3 is 2.46 bits per heavy atom. The fraction of sp³-hybridized carbons (Fsp3) is 0.467. The van der Waals surface area contributed by atoms with Crippen LogP contribution in [0, 0.1) is 15.9 Å². The zero-order valence-corrected chi connectivity index (χ0v) is 13.8. The van der Waals surface area contributed by atoms with Crippen molar-refractivity contribution in [1.29, 1.82) is 0 Å². The molecule has 0 fully saturated rings. The van der Waals surface area contributed by atoms with Gasteiger partial charge in [0.1, 0.15) is 11.4 Å². The predicted molar refractivity (Wildman–Crippen MR) is 81.5 cm³/mol. The molecule has 0 saturated carbocycles. The van der Waals surface area contributed by atoms with E-state index in [4.69, 9.17) is 4.74 Å². The number of benzene rings is 1. The number of nitrogens with one attached hydrogen (secondary N) is 1. The van der Waals surface area contributed by atoms with E-state index in [1.807, 2.05) is 0 Å². The highest BCUT2D eigenvalue weighted by Crippen LogP contribution is 2.20. The zero-order chi connectivity index (χ0) is 18.5. The number of rotatable bonds is 6. The number of halogens is 1. The van der Waals surface area contributed by atoms with E-state index >= 15 is 0 Å². The highest BCUT2D eigenvalue weighted by Gasteiger charge is 2.32. The summed E-state index contributed by atoms with van der Waals surface area (Å²) >= 11 is 0. The van der Waals surface area contributed by atoms with Crippen molar-refractivity contribution < 1.29 is 28.4 Å². The van der Waals surface area contributed by atoms with Crippen molar-refractivity contribution in [2.75, 3.05) is 7.11 Å². The molecule has 0 aliphatic rings. The summed E-state index contributed by atoms with van der Waals surface area (Å²) in [6.07, 6.45) is 0. The molecule has 1 rings (SSSR count). The van der Waals surface area contributed by atoms with Gasteiger partial charge in [0.05, 0.1) is 18.1 Å². The lowest BCUT2D eigenvalue weighted by atomic mass is 10.1. The van der Waals surface area contributed by atoms with Crippen molar-refractivity contribution in [3.63, 3.8) is 0 Å². The maximum atomic E-state index is 13.1. The summed E-state index contributed by atoms with van der Waals surface area (Å²) in [6, 6.07) is 1.55. The first-order valence-electron chi connectivity index (χ1n) is 7.02. The molecular weight excluding hydrogens is 323 g/mol. The van der Waals surface area contributed by atoms with Gasteiger partial charge >= 0.3 is 11.9 Å². The Hall–Kier alpha value is -2.55. The lowest BCUT2D eigenvalue weighted by molar-refractivity contribution is -0.385. The minimum absolute atomic E-state index is 0.110. The number of carbonyl (C=O) groups excluding carboxylic acids is 2. The van der Waals surface area contributed by atoms with Gasteiger partial charge in [-0.1, -0.05) is 0 Å². The SMILES string of the molecule is COC(=O)C(NCc1ccc(F)cc1[N+](=O)[O-])C(=O)OC(C)(C)C. The normalized spacial score (nSPS) is 12.4. The van der Waals surface area contributed by atoms with E-state index < -0.39 is 40.0 Å². The lowest BCUT2D eigenvalue weighted by Crippen LogP contribution is -2.47. The molecule has 0 radical (unpaired) electrons. The van der Waals surface area contributed by atoms with Gasteiger partial charge in [0, 0.05) is 12.1 Å². The van der Waals surface area contributed by atoms with Crippen LogP contribution in [0.25, 0.3) is 0 Å². The van der Waals surface area contributed by atoms with Gasteiger partial charge in [0.2, 0.25) is 6.04 Å². The van der Waals surface area contributed by atoms with Gasteiger partial charge in [0.15, 0.2) is 0 Å². The molecule has 132 valence electrons. The standard InChI is InChI=1S/C15H19FN2O6/c1-15(2,3)24-14(20)12(13(19)23-4)17-8-9-5-6-10(16)7-11(9)18(21)22/h5-7,12,17H,8H2,1-4H3. The average Bonchev–Trinajstić information content (AvgIpc) is 2.46. The molecule has 1 N–H and O–H groups in total. The number of methoxy groups -OCH3 is 1. The lowest BCUT2D eigenvalue weighted by Gasteiger charge is -2.23. The van der Waals surface area contributed by atoms with Crippen LogP contribution in [0.3, 0.4) is 0 Å². The highest BCUT2D eigenvalue weighted by atomic mass is 19.1. The monoisotopic (exact) mass is 342 g/mol. The second kappa shape index (κ2) is 7.82. The van der Waals surface area contributed by atoms with E-state index in [1.54, 1.807) is 20.8 Å². The molecule has 24 heavy (non-hydrogen) atoms. The van der Waals surface area contributed by atoms with Crippen LogP contribution in [0.4, 0.5) is 10.1 Å². The van der Waals surface area contributed by atoms with Gasteiger partial charge in [-0.3, -0.25) is 15.4 Å². The van der Waals surface area contributed by atoms with E-state index in [0.717, 1.165) is 19.2 Å². The number of ether oxygens (including phenoxy) is 2. The number of esters is 2. The summed E-state index contributed by atoms with van der Waals surface area (Å²) in [7, 11) is 1.10. The Kier molecular flexibility index (Phi) is 6.35. The minimum Gasteiger partial charge on any atom is -0.467 e. The molecule has 0 aromatic heterocycles. The van der Waals surface area contributed by atoms with Crippen LogP contribution in [0.1, 0.15) is 26.3 Å². The van der Waals surface area contributed by atoms with Crippen LogP contribution in [0.5, 0.6) is 0 Å². The number of nitrogens with zero attached hydrogens (tertiary/aromatic N) is 1. The van der Waals surface area contributed by atoms with Gasteiger partial charge in [-0.25, -0.2) is 14.0 Å². The smallest absolute Gasteiger partial charge is 0.335 e. The maximum absolute atomic E-state index is 13.1. The first kappa shape index (κ1) is 19.5. The molecule has 1 unspecified atom stereocenters. The van der Waals surface area contributed by atoms with Gasteiger partial charge in [-0.15, -0.1) is 0 Å². The summed E-state index contributed by atoms with van der Waals surface area (Å²) in [5.41, 5.74) is -1.18. The first-order valence-corrected chi connectivity index (χ1v) is 7.02. The van der Waals surface area contributed by atoms with Crippen LogP contribution >= 0.6 is 0 Å². The van der Waals surface area contributed by atoms with Crippen LogP contribution in [-0.4, -0.2) is 35.6 Å². The largest absolute Gasteiger partial charge is 0.467 e. The molecule has 1 aromatic rings. The van der Waals surface area contributed by atoms with Crippen LogP contribution in [-0.2, 0) is 25.6 Å². The zero-order valence-electron chi connectivity index (χ0n) is 13.8. The molecule has 0 aliphatic carbocycles. The second-order valence-corrected chi connectivity index (χ2v) is 5.90. The Morgan fingerprint density at radius 2 is 1.96 bits per heavy atom. The van der Waals surface area contributed by atoms with E-state index in [-0.39, 0.29) is 12.1 Å². The average molecular weight is 342 g/mol. The highest BCUT2D eigenvalue weighted by molar-refractivity contribution is 5.99. The molecular formula is C15H19FN2O6. The summed E-state index contributed by atoms with van der Waals surface area (Å²) in [4.78, 5) is 34.0. The minimum atomic E-state index is -1.46. The molecule has 0 aliphatic heterocycles. The molecule has 0 amide bonds. The number of hydrogen-bond donors (Lipinski definition) is 1. The van der Waals surface area contributed by atoms with E-state index in [1.165, 1.54) is 6.07 Å². The fourth-order valence-electron chi connectivity index (χ4n) is 1.81. The summed E-state index contributed by atoms with van der Waals surface area (Å²) < 4.78 is 22.8. The van der Waals surface area contributed by atoms with E-state index in [9.17, 15) is 24.1 Å². The molecule has 8 nitrogen and oxygen atoms in total. The van der Waals surface area contributed by atoms with Gasteiger partial charge in [-0.2, -0.15) is 0 Å². The fourth-order valence-corrected chi connectivity index (χ4v) is 1.81. The number of nitro groups is 1. The molecule has 0 spiro atoms. The summed E-state index contributed by atoms with van der Waals surface area (Å²) in [6.45, 7) is 4.66. The third kappa shape index (κ3) is 5.58. The molecule has 1 atom stereocenters. The molecule has 1 aromatic carbocycles. The summed E-state index contributed by atoms with van der Waals surface area (Å²) in [5.74, 6) is -2.53. The van der Waals surface area contributed by atoms with Crippen molar-refractivity contribution in [2.24, 2.45) is 0 Å². The topological polar surface area (TPSA) is 108 Å². The van der Waals surface area contributed by atoms with Crippen molar-refractivity contribution in [3.05, 3.63) is 39.7 Å². The van der Waals surface area contributed by atoms with Crippen molar-refractivity contribution in [2.45, 2.75) is 39.0 Å². The quantitative estimate of drug-likeness (QED) is 0.363. The van der Waals surface area contributed by atoms with Crippen LogP contribution < -0.4 is 5.32 Å². The number of hydrogen-bond acceptors (Lipinski definition) is 7. The Balaban J connectivity index is 2.96. The maximum Gasteiger partial charge on any atom is 0.335 e. The van der Waals surface area contributed by atoms with Gasteiger partial charge < -0.3 is 9.47 Å². The van der Waals surface area contributed by atoms with Crippen molar-refractivity contribution in [1.82, 2.24) is 5.32 Å². The number of nitro benzene ring substituents is 1. The molecule has 9 heteroatoms.